The predicted molar refractivity (Wildman–Crippen MR) is 138 cm³/mol. The summed E-state index contributed by atoms with van der Waals surface area (Å²) in [5, 5.41) is 13.5. The number of nitrogens with zero attached hydrogens (tertiary/aromatic N) is 2. The van der Waals surface area contributed by atoms with Gasteiger partial charge in [0.15, 0.2) is 0 Å². The van der Waals surface area contributed by atoms with Gasteiger partial charge in [-0.25, -0.2) is 8.78 Å². The third kappa shape index (κ3) is 7.15. The summed E-state index contributed by atoms with van der Waals surface area (Å²) in [6.45, 7) is 3.52. The van der Waals surface area contributed by atoms with Crippen molar-refractivity contribution >= 4 is 5.91 Å². The lowest BCUT2D eigenvalue weighted by Crippen LogP contribution is -2.55. The van der Waals surface area contributed by atoms with Crippen LogP contribution >= 0.6 is 0 Å². The quantitative estimate of drug-likeness (QED) is 0.575. The van der Waals surface area contributed by atoms with Gasteiger partial charge in [0, 0.05) is 50.4 Å². The van der Waals surface area contributed by atoms with Crippen LogP contribution in [0.15, 0.2) is 48.5 Å². The molecular formula is C29H37F2N3O4. The second-order valence-electron chi connectivity index (χ2n) is 10.8. The molecule has 5 rings (SSSR count). The zero-order chi connectivity index (χ0) is 26.5. The first-order chi connectivity index (χ1) is 18.4. The molecule has 0 aromatic heterocycles. The number of aliphatic hydroxyl groups excluding tert-OH is 1. The summed E-state index contributed by atoms with van der Waals surface area (Å²) >= 11 is 0. The smallest absolute Gasteiger partial charge is 0.222 e. The summed E-state index contributed by atoms with van der Waals surface area (Å²) < 4.78 is 40.2. The number of amides is 1. The first-order valence-electron chi connectivity index (χ1n) is 13.6. The van der Waals surface area contributed by atoms with E-state index >= 15 is 0 Å². The van der Waals surface area contributed by atoms with E-state index in [0.717, 1.165) is 38.2 Å². The van der Waals surface area contributed by atoms with Gasteiger partial charge in [-0.15, -0.1) is 0 Å². The molecule has 0 unspecified atom stereocenters. The summed E-state index contributed by atoms with van der Waals surface area (Å²) in [6.07, 6.45) is 1.29. The summed E-state index contributed by atoms with van der Waals surface area (Å²) in [6, 6.07) is 13.8. The normalized spacial score (nSPS) is 28.9. The van der Waals surface area contributed by atoms with E-state index in [1.165, 1.54) is 11.6 Å². The number of fused-ring (bicyclic) bond motifs is 1. The van der Waals surface area contributed by atoms with Crippen molar-refractivity contribution in [1.82, 2.24) is 15.1 Å². The van der Waals surface area contributed by atoms with Gasteiger partial charge in [-0.2, -0.15) is 0 Å². The molecule has 38 heavy (non-hydrogen) atoms. The molecule has 0 radical (unpaired) electrons. The Morgan fingerprint density at radius 1 is 1.03 bits per heavy atom. The Labute approximate surface area is 222 Å². The van der Waals surface area contributed by atoms with Crippen LogP contribution in [-0.2, 0) is 27.4 Å². The van der Waals surface area contributed by atoms with E-state index in [-0.39, 0.29) is 68.5 Å². The van der Waals surface area contributed by atoms with Gasteiger partial charge in [0.2, 0.25) is 5.91 Å². The molecule has 2 aromatic rings. The van der Waals surface area contributed by atoms with Gasteiger partial charge in [0.1, 0.15) is 11.6 Å². The molecule has 0 saturated carbocycles. The van der Waals surface area contributed by atoms with Gasteiger partial charge in [-0.1, -0.05) is 30.3 Å². The van der Waals surface area contributed by atoms with Gasteiger partial charge in [-0.3, -0.25) is 14.6 Å². The number of rotatable bonds is 7. The number of ether oxygens (including phenoxy) is 2. The molecule has 2 aromatic carbocycles. The molecule has 3 saturated heterocycles. The first-order valence-corrected chi connectivity index (χ1v) is 13.6. The lowest BCUT2D eigenvalue weighted by molar-refractivity contribution is -0.158. The molecule has 206 valence electrons. The van der Waals surface area contributed by atoms with Crippen LogP contribution in [0.5, 0.6) is 0 Å². The number of carbonyl (C=O) groups is 1. The maximum absolute atomic E-state index is 14.4. The summed E-state index contributed by atoms with van der Waals surface area (Å²) in [7, 11) is 0. The highest BCUT2D eigenvalue weighted by molar-refractivity contribution is 5.76. The van der Waals surface area contributed by atoms with Crippen molar-refractivity contribution in [2.75, 3.05) is 32.8 Å². The lowest BCUT2D eigenvalue weighted by atomic mass is 9.94. The van der Waals surface area contributed by atoms with Crippen LogP contribution in [-0.4, -0.2) is 84.1 Å². The van der Waals surface area contributed by atoms with E-state index in [4.69, 9.17) is 9.47 Å². The highest BCUT2D eigenvalue weighted by atomic mass is 19.1. The minimum absolute atomic E-state index is 0.0131. The van der Waals surface area contributed by atoms with Crippen LogP contribution in [0.1, 0.15) is 36.8 Å². The zero-order valence-electron chi connectivity index (χ0n) is 21.6. The largest absolute Gasteiger partial charge is 0.389 e. The van der Waals surface area contributed by atoms with Gasteiger partial charge in [0.25, 0.3) is 0 Å². The molecule has 3 heterocycles. The van der Waals surface area contributed by atoms with E-state index < -0.39 is 17.7 Å². The highest BCUT2D eigenvalue weighted by Gasteiger charge is 2.38. The van der Waals surface area contributed by atoms with Crippen molar-refractivity contribution in [3.05, 3.63) is 71.3 Å². The number of β-amino-alcohol motifs (C(OH)–C–C–N with tert-alkyl or cyclic N) is 1. The van der Waals surface area contributed by atoms with Crippen molar-refractivity contribution in [2.45, 2.75) is 69.2 Å². The fourth-order valence-electron chi connectivity index (χ4n) is 5.94. The van der Waals surface area contributed by atoms with Gasteiger partial charge in [0.05, 0.1) is 37.9 Å². The number of benzene rings is 2. The zero-order valence-corrected chi connectivity index (χ0v) is 21.6. The molecule has 5 atom stereocenters. The van der Waals surface area contributed by atoms with Crippen molar-refractivity contribution in [3.63, 3.8) is 0 Å². The number of halogens is 2. The number of carbonyl (C=O) groups excluding carboxylic acids is 1. The van der Waals surface area contributed by atoms with Crippen LogP contribution in [0, 0.1) is 11.6 Å². The molecule has 2 N–H and O–H groups in total. The van der Waals surface area contributed by atoms with Gasteiger partial charge < -0.3 is 19.9 Å². The predicted octanol–water partition coefficient (Wildman–Crippen LogP) is 2.85. The molecule has 3 fully saturated rings. The third-order valence-electron chi connectivity index (χ3n) is 7.77. The van der Waals surface area contributed by atoms with Gasteiger partial charge in [-0.05, 0) is 43.0 Å². The molecule has 0 spiro atoms. The monoisotopic (exact) mass is 529 g/mol. The van der Waals surface area contributed by atoms with Crippen LogP contribution in [0.4, 0.5) is 8.78 Å². The lowest BCUT2D eigenvalue weighted by Gasteiger charge is -2.44. The summed E-state index contributed by atoms with van der Waals surface area (Å²) in [4.78, 5) is 17.2. The van der Waals surface area contributed by atoms with Crippen LogP contribution in [0.2, 0.25) is 0 Å². The second-order valence-corrected chi connectivity index (χ2v) is 10.8. The van der Waals surface area contributed by atoms with Crippen LogP contribution in [0.3, 0.4) is 0 Å². The van der Waals surface area contributed by atoms with Crippen molar-refractivity contribution < 1.29 is 28.2 Å². The Morgan fingerprint density at radius 3 is 2.71 bits per heavy atom. The van der Waals surface area contributed by atoms with E-state index in [9.17, 15) is 18.7 Å². The Balaban J connectivity index is 1.14. The highest BCUT2D eigenvalue weighted by Crippen LogP contribution is 2.29. The van der Waals surface area contributed by atoms with E-state index in [1.807, 2.05) is 23.1 Å². The number of aliphatic hydroxyl groups is 1. The minimum atomic E-state index is -0.732. The fraction of sp³-hybridized carbons (Fsp3) is 0.552. The Morgan fingerprint density at radius 2 is 1.87 bits per heavy atom. The molecule has 9 heteroatoms. The van der Waals surface area contributed by atoms with Crippen LogP contribution in [0.25, 0.3) is 0 Å². The first kappa shape index (κ1) is 27.1. The second kappa shape index (κ2) is 12.6. The van der Waals surface area contributed by atoms with Crippen molar-refractivity contribution in [1.29, 1.82) is 0 Å². The summed E-state index contributed by atoms with van der Waals surface area (Å²) in [5.74, 6) is -0.984. The Bertz CT molecular complexity index is 1080. The fourth-order valence-corrected chi connectivity index (χ4v) is 5.94. The SMILES string of the molecule is O=C(C[C@@H]1CC[C@@H]2[C@H](COC[C@H](O)CN2Cc2cc(F)ccc2F)O1)N[C@@H]1CCN(Cc2ccccc2)C1. The molecule has 0 aliphatic carbocycles. The average molecular weight is 530 g/mol. The molecule has 7 nitrogen and oxygen atoms in total. The molecule has 0 bridgehead atoms. The molecule has 3 aliphatic rings. The number of hydrogen-bond donors (Lipinski definition) is 2. The van der Waals surface area contributed by atoms with E-state index in [2.05, 4.69) is 22.3 Å². The standard InChI is InChI=1S/C29H37F2N3O4/c30-22-6-8-26(31)21(12-22)15-34-17-24(35)18-37-19-28-27(34)9-7-25(38-28)13-29(36)32-23-10-11-33(16-23)14-20-4-2-1-3-5-20/h1-6,8,12,23-25,27-28,35H,7,9-11,13-19H2,(H,32,36)/t23-,24-,25+,27-,28+/m1/s1. The number of hydrogen-bond acceptors (Lipinski definition) is 6. The Kier molecular flexibility index (Phi) is 9.01. The van der Waals surface area contributed by atoms with Crippen molar-refractivity contribution in [3.8, 4) is 0 Å². The molecule has 1 amide bonds. The molecular weight excluding hydrogens is 492 g/mol. The minimum Gasteiger partial charge on any atom is -0.389 e. The number of likely N-dealkylation sites (tertiary alicyclic amines) is 1. The number of nitrogens with one attached hydrogen (secondary N) is 1. The third-order valence-corrected chi connectivity index (χ3v) is 7.77. The van der Waals surface area contributed by atoms with E-state index in [0.29, 0.717) is 12.8 Å². The topological polar surface area (TPSA) is 74.3 Å². The van der Waals surface area contributed by atoms with Crippen molar-refractivity contribution in [2.24, 2.45) is 0 Å². The van der Waals surface area contributed by atoms with Crippen LogP contribution < -0.4 is 5.32 Å². The maximum Gasteiger partial charge on any atom is 0.222 e. The molecule has 3 aliphatic heterocycles. The van der Waals surface area contributed by atoms with E-state index in [1.54, 1.807) is 0 Å². The average Bonchev–Trinajstić information content (AvgIpc) is 3.32. The Hall–Kier alpha value is -2.43. The summed E-state index contributed by atoms with van der Waals surface area (Å²) in [5.41, 5.74) is 1.52. The maximum atomic E-state index is 14.4. The van der Waals surface area contributed by atoms with Gasteiger partial charge >= 0.3 is 0 Å².